The molecule has 0 aliphatic heterocycles. The van der Waals surface area contributed by atoms with Crippen molar-refractivity contribution in [2.45, 2.75) is 6.92 Å². The zero-order chi connectivity index (χ0) is 22.8. The minimum absolute atomic E-state index is 0.492. The number of aryl methyl sites for hydroxylation is 2. The summed E-state index contributed by atoms with van der Waals surface area (Å²) in [7, 11) is 1.92. The lowest BCUT2D eigenvalue weighted by Gasteiger charge is -2.11. The van der Waals surface area contributed by atoms with E-state index in [1.54, 1.807) is 6.33 Å². The summed E-state index contributed by atoms with van der Waals surface area (Å²) in [5.41, 5.74) is 5.73. The van der Waals surface area contributed by atoms with Gasteiger partial charge in [0.05, 0.1) is 29.4 Å². The van der Waals surface area contributed by atoms with Gasteiger partial charge in [0, 0.05) is 24.2 Å². The van der Waals surface area contributed by atoms with Crippen molar-refractivity contribution in [3.63, 3.8) is 0 Å². The number of imidazole rings is 1. The number of nitrogens with one attached hydrogen (secondary N) is 1. The van der Waals surface area contributed by atoms with E-state index in [4.69, 9.17) is 9.98 Å². The van der Waals surface area contributed by atoms with Crippen molar-refractivity contribution in [2.75, 3.05) is 5.32 Å². The second-order valence-electron chi connectivity index (χ2n) is 7.69. The van der Waals surface area contributed by atoms with Gasteiger partial charge in [-0.25, -0.2) is 19.9 Å². The number of rotatable bonds is 5. The molecular weight excluding hydrogens is 415 g/mol. The number of pyridine rings is 2. The number of hydrogen-bond donors (Lipinski definition) is 1. The first-order chi connectivity index (χ1) is 16.1. The first kappa shape index (κ1) is 20.5. The highest BCUT2D eigenvalue weighted by molar-refractivity contribution is 6.14. The van der Waals surface area contributed by atoms with Crippen LogP contribution in [0.4, 0.5) is 21.7 Å². The van der Waals surface area contributed by atoms with E-state index in [1.165, 1.54) is 12.3 Å². The molecule has 0 aliphatic rings. The van der Waals surface area contributed by atoms with Crippen molar-refractivity contribution >= 4 is 34.1 Å². The Morgan fingerprint density at radius 2 is 1.61 bits per heavy atom. The Morgan fingerprint density at radius 1 is 0.939 bits per heavy atom. The molecule has 0 saturated heterocycles. The van der Waals surface area contributed by atoms with E-state index in [0.29, 0.717) is 22.8 Å². The van der Waals surface area contributed by atoms with Gasteiger partial charge in [-0.2, -0.15) is 4.39 Å². The van der Waals surface area contributed by atoms with Gasteiger partial charge in [-0.05, 0) is 18.6 Å². The van der Waals surface area contributed by atoms with Gasteiger partial charge in [0.25, 0.3) is 0 Å². The molecule has 0 spiro atoms. The monoisotopic (exact) mass is 436 g/mol. The standard InChI is InChI=1S/C26H21FN6/c1-17-13-22(27)28-15-20(17)30-23-14-21-25(29-16-33(21)2)26(31-23)32-24(18-9-5-3-6-10-18)19-11-7-4-8-12-19/h3-16H,1-2H3,(H,30,31). The third kappa shape index (κ3) is 4.21. The Labute approximate surface area is 190 Å². The molecule has 0 saturated carbocycles. The average molecular weight is 436 g/mol. The van der Waals surface area contributed by atoms with Crippen LogP contribution in [0, 0.1) is 12.9 Å². The number of halogens is 1. The first-order valence-corrected chi connectivity index (χ1v) is 10.5. The predicted octanol–water partition coefficient (Wildman–Crippen LogP) is 5.72. The molecule has 2 aromatic carbocycles. The lowest BCUT2D eigenvalue weighted by Crippen LogP contribution is -2.04. The smallest absolute Gasteiger partial charge is 0.213 e. The number of nitrogens with zero attached hydrogens (tertiary/aromatic N) is 5. The van der Waals surface area contributed by atoms with Crippen LogP contribution in [0.2, 0.25) is 0 Å². The maximum absolute atomic E-state index is 13.5. The third-order valence-electron chi connectivity index (χ3n) is 5.35. The minimum atomic E-state index is -0.520. The molecule has 7 heteroatoms. The molecule has 1 N–H and O–H groups in total. The minimum Gasteiger partial charge on any atom is -0.339 e. The maximum atomic E-state index is 13.5. The van der Waals surface area contributed by atoms with Gasteiger partial charge < -0.3 is 9.88 Å². The van der Waals surface area contributed by atoms with Crippen molar-refractivity contribution in [3.05, 3.63) is 108 Å². The van der Waals surface area contributed by atoms with Crippen molar-refractivity contribution < 1.29 is 4.39 Å². The molecule has 0 amide bonds. The summed E-state index contributed by atoms with van der Waals surface area (Å²) >= 11 is 0. The van der Waals surface area contributed by atoms with Crippen LogP contribution < -0.4 is 5.32 Å². The van der Waals surface area contributed by atoms with E-state index in [1.807, 2.05) is 85.3 Å². The maximum Gasteiger partial charge on any atom is 0.213 e. The Balaban J connectivity index is 1.68. The van der Waals surface area contributed by atoms with Crippen LogP contribution in [0.3, 0.4) is 0 Å². The lowest BCUT2D eigenvalue weighted by molar-refractivity contribution is 0.583. The van der Waals surface area contributed by atoms with Crippen LogP contribution >= 0.6 is 0 Å². The predicted molar refractivity (Wildman–Crippen MR) is 129 cm³/mol. The quantitative estimate of drug-likeness (QED) is 0.282. The zero-order valence-corrected chi connectivity index (χ0v) is 18.2. The Hall–Kier alpha value is -4.39. The van der Waals surface area contributed by atoms with Crippen LogP contribution in [0.15, 0.2) is 90.3 Å². The van der Waals surface area contributed by atoms with Gasteiger partial charge in [0.1, 0.15) is 11.3 Å². The van der Waals surface area contributed by atoms with Gasteiger partial charge in [0.2, 0.25) is 5.95 Å². The molecule has 0 bridgehead atoms. The molecule has 0 unspecified atom stereocenters. The number of anilines is 2. The zero-order valence-electron chi connectivity index (χ0n) is 18.2. The number of benzene rings is 2. The van der Waals surface area contributed by atoms with E-state index < -0.39 is 5.95 Å². The Kier molecular flexibility index (Phi) is 5.36. The molecule has 5 aromatic rings. The average Bonchev–Trinajstić information content (AvgIpc) is 3.21. The molecule has 33 heavy (non-hydrogen) atoms. The van der Waals surface area contributed by atoms with E-state index in [9.17, 15) is 4.39 Å². The molecule has 5 rings (SSSR count). The highest BCUT2D eigenvalue weighted by atomic mass is 19.1. The molecule has 0 radical (unpaired) electrons. The fraction of sp³-hybridized carbons (Fsp3) is 0.0769. The fourth-order valence-corrected chi connectivity index (χ4v) is 3.64. The van der Waals surface area contributed by atoms with Crippen LogP contribution in [-0.2, 0) is 7.05 Å². The summed E-state index contributed by atoms with van der Waals surface area (Å²) in [6.45, 7) is 1.82. The van der Waals surface area contributed by atoms with Crippen molar-refractivity contribution in [1.82, 2.24) is 19.5 Å². The summed E-state index contributed by atoms with van der Waals surface area (Å²) < 4.78 is 15.4. The SMILES string of the molecule is Cc1cc(F)ncc1Nc1cc2c(ncn2C)c(N=C(c2ccccc2)c2ccccc2)n1. The molecule has 3 heterocycles. The molecule has 0 atom stereocenters. The van der Waals surface area contributed by atoms with E-state index >= 15 is 0 Å². The van der Waals surface area contributed by atoms with Crippen molar-refractivity contribution in [2.24, 2.45) is 12.0 Å². The molecule has 3 aromatic heterocycles. The summed E-state index contributed by atoms with van der Waals surface area (Å²) in [6.07, 6.45) is 3.20. The van der Waals surface area contributed by atoms with E-state index in [2.05, 4.69) is 15.3 Å². The molecule has 162 valence electrons. The topological polar surface area (TPSA) is 68.0 Å². The number of hydrogen-bond acceptors (Lipinski definition) is 5. The van der Waals surface area contributed by atoms with E-state index in [0.717, 1.165) is 27.9 Å². The van der Waals surface area contributed by atoms with Gasteiger partial charge in [-0.1, -0.05) is 60.7 Å². The first-order valence-electron chi connectivity index (χ1n) is 10.5. The highest BCUT2D eigenvalue weighted by Crippen LogP contribution is 2.29. The normalized spacial score (nSPS) is 10.9. The summed E-state index contributed by atoms with van der Waals surface area (Å²) in [5, 5.41) is 3.25. The van der Waals surface area contributed by atoms with Crippen molar-refractivity contribution in [3.8, 4) is 0 Å². The highest BCUT2D eigenvalue weighted by Gasteiger charge is 2.14. The molecule has 0 fully saturated rings. The largest absolute Gasteiger partial charge is 0.339 e. The number of aromatic nitrogens is 4. The number of fused-ring (bicyclic) bond motifs is 1. The van der Waals surface area contributed by atoms with Gasteiger partial charge in [-0.15, -0.1) is 0 Å². The second kappa shape index (κ2) is 8.63. The van der Waals surface area contributed by atoms with E-state index in [-0.39, 0.29) is 0 Å². The Bertz CT molecular complexity index is 1420. The van der Waals surface area contributed by atoms with Crippen LogP contribution in [0.25, 0.3) is 11.0 Å². The van der Waals surface area contributed by atoms with Crippen LogP contribution in [-0.4, -0.2) is 25.2 Å². The molecular formula is C26H21FN6. The van der Waals surface area contributed by atoms with Gasteiger partial charge >= 0.3 is 0 Å². The lowest BCUT2D eigenvalue weighted by atomic mass is 10.0. The fourth-order valence-electron chi connectivity index (χ4n) is 3.64. The number of aliphatic imine (C=N–C) groups is 1. The third-order valence-corrected chi connectivity index (χ3v) is 5.35. The summed E-state index contributed by atoms with van der Waals surface area (Å²) in [5.74, 6) is 0.543. The van der Waals surface area contributed by atoms with Crippen LogP contribution in [0.1, 0.15) is 16.7 Å². The summed E-state index contributed by atoms with van der Waals surface area (Å²) in [6, 6.07) is 23.3. The molecule has 0 aliphatic carbocycles. The van der Waals surface area contributed by atoms with Crippen LogP contribution in [0.5, 0.6) is 0 Å². The summed E-state index contributed by atoms with van der Waals surface area (Å²) in [4.78, 5) is 18.1. The van der Waals surface area contributed by atoms with Gasteiger partial charge in [-0.3, -0.25) is 0 Å². The van der Waals surface area contributed by atoms with Crippen molar-refractivity contribution in [1.29, 1.82) is 0 Å². The molecule has 6 nitrogen and oxygen atoms in total. The second-order valence-corrected chi connectivity index (χ2v) is 7.69. The van der Waals surface area contributed by atoms with Gasteiger partial charge in [0.15, 0.2) is 5.82 Å². The Morgan fingerprint density at radius 3 is 2.24 bits per heavy atom.